The van der Waals surface area contributed by atoms with Gasteiger partial charge in [0.25, 0.3) is 0 Å². The molecule has 2 unspecified atom stereocenters. The van der Waals surface area contributed by atoms with E-state index < -0.39 is 0 Å². The number of ether oxygens (including phenoxy) is 1. The third-order valence-corrected chi connectivity index (χ3v) is 3.61. The molecule has 0 aromatic rings. The van der Waals surface area contributed by atoms with E-state index in [0.29, 0.717) is 19.1 Å². The van der Waals surface area contributed by atoms with Crippen LogP contribution in [0.1, 0.15) is 32.6 Å². The molecule has 2 rings (SSSR count). The zero-order valence-electron chi connectivity index (χ0n) is 9.29. The maximum absolute atomic E-state index is 11.8. The zero-order valence-corrected chi connectivity index (χ0v) is 9.29. The van der Waals surface area contributed by atoms with Crippen molar-refractivity contribution in [1.82, 2.24) is 5.32 Å². The number of amides is 1. The molecule has 2 aliphatic rings. The first-order chi connectivity index (χ1) is 7.11. The molecule has 86 valence electrons. The zero-order chi connectivity index (χ0) is 10.9. The number of hydrogen-bond acceptors (Lipinski definition) is 3. The monoisotopic (exact) mass is 212 g/mol. The SMILES string of the molecule is CC1CCOC1C(=O)NCC1(N)CCC1. The van der Waals surface area contributed by atoms with Gasteiger partial charge < -0.3 is 15.8 Å². The van der Waals surface area contributed by atoms with E-state index >= 15 is 0 Å². The highest BCUT2D eigenvalue weighted by Crippen LogP contribution is 2.28. The minimum Gasteiger partial charge on any atom is -0.368 e. The number of hydrogen-bond donors (Lipinski definition) is 2. The van der Waals surface area contributed by atoms with Crippen LogP contribution in [0.5, 0.6) is 0 Å². The standard InChI is InChI=1S/C11H20N2O2/c1-8-3-6-15-9(8)10(14)13-7-11(12)4-2-5-11/h8-9H,2-7,12H2,1H3,(H,13,14). The fourth-order valence-electron chi connectivity index (χ4n) is 2.20. The van der Waals surface area contributed by atoms with Crippen molar-refractivity contribution in [2.45, 2.75) is 44.2 Å². The van der Waals surface area contributed by atoms with Gasteiger partial charge in [0, 0.05) is 18.7 Å². The fraction of sp³-hybridized carbons (Fsp3) is 0.909. The predicted octanol–water partition coefficient (Wildman–Crippen LogP) is 0.409. The molecule has 1 amide bonds. The Morgan fingerprint density at radius 3 is 2.80 bits per heavy atom. The van der Waals surface area contributed by atoms with E-state index in [2.05, 4.69) is 12.2 Å². The first kappa shape index (κ1) is 10.9. The number of rotatable bonds is 3. The van der Waals surface area contributed by atoms with E-state index in [1.165, 1.54) is 6.42 Å². The Labute approximate surface area is 90.5 Å². The van der Waals surface area contributed by atoms with Crippen LogP contribution in [0.3, 0.4) is 0 Å². The van der Waals surface area contributed by atoms with Crippen LogP contribution in [0.25, 0.3) is 0 Å². The van der Waals surface area contributed by atoms with E-state index in [9.17, 15) is 4.79 Å². The molecule has 1 saturated heterocycles. The molecule has 2 atom stereocenters. The number of nitrogens with one attached hydrogen (secondary N) is 1. The largest absolute Gasteiger partial charge is 0.368 e. The smallest absolute Gasteiger partial charge is 0.249 e. The molecule has 3 N–H and O–H groups in total. The highest BCUT2D eigenvalue weighted by molar-refractivity contribution is 5.81. The van der Waals surface area contributed by atoms with Crippen LogP contribution in [0.2, 0.25) is 0 Å². The molecule has 2 fully saturated rings. The summed E-state index contributed by atoms with van der Waals surface area (Å²) in [6.07, 6.45) is 3.95. The van der Waals surface area contributed by atoms with Gasteiger partial charge in [0.05, 0.1) is 0 Å². The molecule has 0 radical (unpaired) electrons. The Morgan fingerprint density at radius 1 is 1.60 bits per heavy atom. The van der Waals surface area contributed by atoms with Gasteiger partial charge in [-0.1, -0.05) is 6.92 Å². The average Bonchev–Trinajstić information content (AvgIpc) is 2.58. The number of carbonyl (C=O) groups excluding carboxylic acids is 1. The number of nitrogens with two attached hydrogens (primary N) is 1. The van der Waals surface area contributed by atoms with Gasteiger partial charge in [-0.3, -0.25) is 4.79 Å². The molecular weight excluding hydrogens is 192 g/mol. The molecule has 15 heavy (non-hydrogen) atoms. The quantitative estimate of drug-likeness (QED) is 0.712. The molecule has 0 bridgehead atoms. The first-order valence-corrected chi connectivity index (χ1v) is 5.79. The summed E-state index contributed by atoms with van der Waals surface area (Å²) in [6.45, 7) is 3.35. The van der Waals surface area contributed by atoms with Crippen LogP contribution in [-0.4, -0.2) is 30.7 Å². The van der Waals surface area contributed by atoms with Crippen molar-refractivity contribution in [2.75, 3.05) is 13.2 Å². The second-order valence-electron chi connectivity index (χ2n) is 4.99. The van der Waals surface area contributed by atoms with Gasteiger partial charge in [-0.2, -0.15) is 0 Å². The maximum atomic E-state index is 11.8. The van der Waals surface area contributed by atoms with Crippen LogP contribution in [-0.2, 0) is 9.53 Å². The number of carbonyl (C=O) groups is 1. The summed E-state index contributed by atoms with van der Waals surface area (Å²) in [7, 11) is 0. The average molecular weight is 212 g/mol. The van der Waals surface area contributed by atoms with Crippen molar-refractivity contribution < 1.29 is 9.53 Å². The predicted molar refractivity (Wildman–Crippen MR) is 57.3 cm³/mol. The molecule has 0 spiro atoms. The highest BCUT2D eigenvalue weighted by atomic mass is 16.5. The Balaban J connectivity index is 1.76. The van der Waals surface area contributed by atoms with Crippen molar-refractivity contribution in [1.29, 1.82) is 0 Å². The minimum absolute atomic E-state index is 0.0109. The van der Waals surface area contributed by atoms with Gasteiger partial charge in [0.1, 0.15) is 6.10 Å². The topological polar surface area (TPSA) is 64.3 Å². The summed E-state index contributed by atoms with van der Waals surface area (Å²) >= 11 is 0. The molecule has 4 heteroatoms. The lowest BCUT2D eigenvalue weighted by molar-refractivity contribution is -0.131. The first-order valence-electron chi connectivity index (χ1n) is 5.79. The van der Waals surface area contributed by atoms with Crippen LogP contribution in [0.4, 0.5) is 0 Å². The van der Waals surface area contributed by atoms with E-state index in [1.807, 2.05) is 0 Å². The van der Waals surface area contributed by atoms with E-state index in [1.54, 1.807) is 0 Å². The molecule has 1 heterocycles. The van der Waals surface area contributed by atoms with Crippen molar-refractivity contribution >= 4 is 5.91 Å². The van der Waals surface area contributed by atoms with Crippen LogP contribution >= 0.6 is 0 Å². The molecule has 0 aromatic heterocycles. The summed E-state index contributed by atoms with van der Waals surface area (Å²) in [4.78, 5) is 11.8. The summed E-state index contributed by atoms with van der Waals surface area (Å²) in [5.74, 6) is 0.344. The Hall–Kier alpha value is -0.610. The van der Waals surface area contributed by atoms with Gasteiger partial charge in [-0.15, -0.1) is 0 Å². The molecule has 1 aliphatic carbocycles. The lowest BCUT2D eigenvalue weighted by atomic mass is 9.78. The van der Waals surface area contributed by atoms with Crippen molar-refractivity contribution in [3.8, 4) is 0 Å². The summed E-state index contributed by atoms with van der Waals surface area (Å²) < 4.78 is 5.39. The lowest BCUT2D eigenvalue weighted by Crippen LogP contribution is -2.56. The van der Waals surface area contributed by atoms with Gasteiger partial charge in [-0.05, 0) is 31.6 Å². The van der Waals surface area contributed by atoms with Crippen LogP contribution < -0.4 is 11.1 Å². The van der Waals surface area contributed by atoms with Crippen LogP contribution in [0, 0.1) is 5.92 Å². The fourth-order valence-corrected chi connectivity index (χ4v) is 2.20. The lowest BCUT2D eigenvalue weighted by Gasteiger charge is -2.38. The van der Waals surface area contributed by atoms with Crippen LogP contribution in [0.15, 0.2) is 0 Å². The van der Waals surface area contributed by atoms with Gasteiger partial charge in [-0.25, -0.2) is 0 Å². The Bertz CT molecular complexity index is 251. The maximum Gasteiger partial charge on any atom is 0.249 e. The van der Waals surface area contributed by atoms with E-state index in [0.717, 1.165) is 19.3 Å². The van der Waals surface area contributed by atoms with Gasteiger partial charge in [0.15, 0.2) is 0 Å². The van der Waals surface area contributed by atoms with Gasteiger partial charge >= 0.3 is 0 Å². The minimum atomic E-state index is -0.256. The van der Waals surface area contributed by atoms with Crippen molar-refractivity contribution in [3.05, 3.63) is 0 Å². The third-order valence-electron chi connectivity index (χ3n) is 3.61. The van der Waals surface area contributed by atoms with E-state index in [4.69, 9.17) is 10.5 Å². The molecule has 4 nitrogen and oxygen atoms in total. The van der Waals surface area contributed by atoms with Crippen molar-refractivity contribution in [2.24, 2.45) is 11.7 Å². The Kier molecular flexibility index (Phi) is 2.98. The molecular formula is C11H20N2O2. The normalized spacial score (nSPS) is 33.5. The second-order valence-corrected chi connectivity index (χ2v) is 4.99. The third kappa shape index (κ3) is 2.32. The van der Waals surface area contributed by atoms with Gasteiger partial charge in [0.2, 0.25) is 5.91 Å². The molecule has 1 aliphatic heterocycles. The second kappa shape index (κ2) is 4.10. The van der Waals surface area contributed by atoms with Crippen molar-refractivity contribution in [3.63, 3.8) is 0 Å². The molecule has 1 saturated carbocycles. The summed E-state index contributed by atoms with van der Waals surface area (Å²) in [5.41, 5.74) is 5.89. The highest BCUT2D eigenvalue weighted by Gasteiger charge is 2.35. The Morgan fingerprint density at radius 2 is 2.33 bits per heavy atom. The summed E-state index contributed by atoms with van der Waals surface area (Å²) in [6, 6.07) is 0. The van der Waals surface area contributed by atoms with E-state index in [-0.39, 0.29) is 17.6 Å². The molecule has 0 aromatic carbocycles. The summed E-state index contributed by atoms with van der Waals surface area (Å²) in [5, 5.41) is 2.91.